The van der Waals surface area contributed by atoms with Crippen LogP contribution in [0.3, 0.4) is 0 Å². The van der Waals surface area contributed by atoms with E-state index in [2.05, 4.69) is 32.0 Å². The van der Waals surface area contributed by atoms with Gasteiger partial charge in [0.05, 0.1) is 0 Å². The van der Waals surface area contributed by atoms with Crippen molar-refractivity contribution >= 4 is 11.6 Å². The van der Waals surface area contributed by atoms with Crippen molar-refractivity contribution in [2.75, 3.05) is 45.8 Å². The van der Waals surface area contributed by atoms with Gasteiger partial charge in [-0.3, -0.25) is 14.7 Å². The first-order valence-electron chi connectivity index (χ1n) is 9.86. The first-order chi connectivity index (χ1) is 13.7. The summed E-state index contributed by atoms with van der Waals surface area (Å²) in [4.78, 5) is 26.4. The molecule has 0 unspecified atom stereocenters. The number of nitrogens with zero attached hydrogens (tertiary/aromatic N) is 5. The Bertz CT molecular complexity index is 930. The molecular weight excluding hydrogens is 352 g/mol. The van der Waals surface area contributed by atoms with E-state index in [4.69, 9.17) is 0 Å². The lowest BCUT2D eigenvalue weighted by atomic mass is 10.1. The third-order valence-corrected chi connectivity index (χ3v) is 5.28. The predicted octanol–water partition coefficient (Wildman–Crippen LogP) is 1.76. The van der Waals surface area contributed by atoms with Gasteiger partial charge in [0.2, 0.25) is 0 Å². The van der Waals surface area contributed by atoms with Crippen LogP contribution >= 0.6 is 0 Å². The number of nitrogens with one attached hydrogen (secondary N) is 1. The summed E-state index contributed by atoms with van der Waals surface area (Å²) < 4.78 is 1.86. The molecule has 7 heteroatoms. The minimum atomic E-state index is -0.144. The van der Waals surface area contributed by atoms with Gasteiger partial charge in [0.15, 0.2) is 5.65 Å². The molecule has 28 heavy (non-hydrogen) atoms. The molecule has 3 heterocycles. The fourth-order valence-electron chi connectivity index (χ4n) is 3.58. The molecule has 1 aromatic carbocycles. The van der Waals surface area contributed by atoms with Crippen LogP contribution < -0.4 is 5.32 Å². The summed E-state index contributed by atoms with van der Waals surface area (Å²) in [5, 5.41) is 3.00. The third-order valence-electron chi connectivity index (χ3n) is 5.28. The third kappa shape index (κ3) is 4.05. The first-order valence-corrected chi connectivity index (χ1v) is 9.86. The zero-order valence-electron chi connectivity index (χ0n) is 16.2. The van der Waals surface area contributed by atoms with Gasteiger partial charge < -0.3 is 14.6 Å². The average molecular weight is 378 g/mol. The molecule has 0 bridgehead atoms. The van der Waals surface area contributed by atoms with E-state index < -0.39 is 0 Å². The van der Waals surface area contributed by atoms with Crippen LogP contribution in [0.25, 0.3) is 16.9 Å². The summed E-state index contributed by atoms with van der Waals surface area (Å²) in [6.45, 7) is 9.13. The molecular formula is C21H26N6O. The van der Waals surface area contributed by atoms with Gasteiger partial charge >= 0.3 is 0 Å². The minimum absolute atomic E-state index is 0.144. The number of aromatic nitrogens is 3. The normalized spacial score (nSPS) is 15.8. The molecule has 1 fully saturated rings. The quantitative estimate of drug-likeness (QED) is 0.708. The van der Waals surface area contributed by atoms with Gasteiger partial charge in [0.1, 0.15) is 11.4 Å². The van der Waals surface area contributed by atoms with Gasteiger partial charge in [-0.05, 0) is 6.54 Å². The predicted molar refractivity (Wildman–Crippen MR) is 109 cm³/mol. The molecule has 0 radical (unpaired) electrons. The Morgan fingerprint density at radius 2 is 1.86 bits per heavy atom. The Balaban J connectivity index is 1.40. The molecule has 0 spiro atoms. The van der Waals surface area contributed by atoms with E-state index in [-0.39, 0.29) is 5.91 Å². The Morgan fingerprint density at radius 3 is 2.61 bits per heavy atom. The smallest absolute Gasteiger partial charge is 0.271 e. The van der Waals surface area contributed by atoms with E-state index in [0.29, 0.717) is 17.9 Å². The second kappa shape index (κ2) is 8.50. The van der Waals surface area contributed by atoms with Gasteiger partial charge in [-0.1, -0.05) is 37.3 Å². The van der Waals surface area contributed by atoms with E-state index in [1.165, 1.54) is 0 Å². The molecule has 1 N–H and O–H groups in total. The molecule has 1 amide bonds. The Kier molecular flexibility index (Phi) is 5.64. The number of amides is 1. The van der Waals surface area contributed by atoms with E-state index >= 15 is 0 Å². The molecule has 4 rings (SSSR count). The average Bonchev–Trinajstić information content (AvgIpc) is 3.19. The lowest BCUT2D eigenvalue weighted by Crippen LogP contribution is -2.48. The highest BCUT2D eigenvalue weighted by Gasteiger charge is 2.17. The highest BCUT2D eigenvalue weighted by molar-refractivity contribution is 5.93. The van der Waals surface area contributed by atoms with Crippen LogP contribution in [0, 0.1) is 0 Å². The van der Waals surface area contributed by atoms with Crippen molar-refractivity contribution in [3.8, 4) is 11.3 Å². The van der Waals surface area contributed by atoms with Crippen molar-refractivity contribution in [2.24, 2.45) is 0 Å². The molecule has 0 saturated carbocycles. The second-order valence-electron chi connectivity index (χ2n) is 7.03. The summed E-state index contributed by atoms with van der Waals surface area (Å²) in [5.74, 6) is -0.144. The van der Waals surface area contributed by atoms with Gasteiger partial charge in [-0.2, -0.15) is 0 Å². The van der Waals surface area contributed by atoms with Crippen molar-refractivity contribution in [1.82, 2.24) is 29.5 Å². The number of imidazole rings is 1. The largest absolute Gasteiger partial charge is 0.349 e. The van der Waals surface area contributed by atoms with Gasteiger partial charge in [0.25, 0.3) is 5.91 Å². The molecule has 146 valence electrons. The Morgan fingerprint density at radius 1 is 1.11 bits per heavy atom. The maximum Gasteiger partial charge on any atom is 0.271 e. The number of benzene rings is 1. The topological polar surface area (TPSA) is 65.8 Å². The van der Waals surface area contributed by atoms with Crippen LogP contribution in [-0.2, 0) is 0 Å². The Hall–Kier alpha value is -2.77. The standard InChI is InChI=1S/C21H26N6O/c1-2-25-12-14-26(15-13-25)10-8-23-21(28)18-16-27-11-9-22-19(20(27)24-18)17-6-4-3-5-7-17/h3-7,9,11,16H,2,8,10,12-15H2,1H3,(H,23,28). The Labute approximate surface area is 165 Å². The number of carbonyl (C=O) groups excluding carboxylic acids is 1. The molecule has 7 nitrogen and oxygen atoms in total. The SMILES string of the molecule is CCN1CCN(CCNC(=O)c2cn3ccnc(-c4ccccc4)c3n2)CC1. The zero-order valence-corrected chi connectivity index (χ0v) is 16.2. The lowest BCUT2D eigenvalue weighted by molar-refractivity contribution is 0.0933. The second-order valence-corrected chi connectivity index (χ2v) is 7.03. The maximum atomic E-state index is 12.6. The summed E-state index contributed by atoms with van der Waals surface area (Å²) in [7, 11) is 0. The summed E-state index contributed by atoms with van der Waals surface area (Å²) in [6.07, 6.45) is 5.31. The monoisotopic (exact) mass is 378 g/mol. The molecule has 2 aromatic heterocycles. The summed E-state index contributed by atoms with van der Waals surface area (Å²) in [6, 6.07) is 9.90. The molecule has 1 saturated heterocycles. The van der Waals surface area contributed by atoms with E-state index in [1.807, 2.05) is 40.9 Å². The fraction of sp³-hybridized carbons (Fsp3) is 0.381. The van der Waals surface area contributed by atoms with Crippen molar-refractivity contribution in [3.05, 3.63) is 54.6 Å². The van der Waals surface area contributed by atoms with Crippen LogP contribution in [0.5, 0.6) is 0 Å². The van der Waals surface area contributed by atoms with E-state index in [1.54, 1.807) is 12.4 Å². The zero-order chi connectivity index (χ0) is 19.3. The highest BCUT2D eigenvalue weighted by Crippen LogP contribution is 2.21. The molecule has 1 aliphatic heterocycles. The maximum absolute atomic E-state index is 12.6. The molecule has 3 aromatic rings. The van der Waals surface area contributed by atoms with Gasteiger partial charge in [0, 0.05) is 63.4 Å². The fourth-order valence-corrected chi connectivity index (χ4v) is 3.58. The lowest BCUT2D eigenvalue weighted by Gasteiger charge is -2.33. The summed E-state index contributed by atoms with van der Waals surface area (Å²) in [5.41, 5.74) is 2.86. The van der Waals surface area contributed by atoms with Crippen LogP contribution in [0.15, 0.2) is 48.9 Å². The molecule has 1 aliphatic rings. The van der Waals surface area contributed by atoms with Crippen LogP contribution in [0.4, 0.5) is 0 Å². The molecule has 0 atom stereocenters. The highest BCUT2D eigenvalue weighted by atomic mass is 16.1. The molecule has 0 aliphatic carbocycles. The number of hydrogen-bond acceptors (Lipinski definition) is 5. The van der Waals surface area contributed by atoms with Crippen molar-refractivity contribution < 1.29 is 4.79 Å². The number of rotatable bonds is 6. The number of likely N-dealkylation sites (N-methyl/N-ethyl adjacent to an activating group) is 1. The van der Waals surface area contributed by atoms with Crippen LogP contribution in [0.1, 0.15) is 17.4 Å². The number of piperazine rings is 1. The van der Waals surface area contributed by atoms with Crippen molar-refractivity contribution in [1.29, 1.82) is 0 Å². The first kappa shape index (κ1) is 18.6. The van der Waals surface area contributed by atoms with Crippen molar-refractivity contribution in [3.63, 3.8) is 0 Å². The summed E-state index contributed by atoms with van der Waals surface area (Å²) >= 11 is 0. The van der Waals surface area contributed by atoms with Crippen molar-refractivity contribution in [2.45, 2.75) is 6.92 Å². The minimum Gasteiger partial charge on any atom is -0.349 e. The van der Waals surface area contributed by atoms with Gasteiger partial charge in [-0.25, -0.2) is 4.98 Å². The van der Waals surface area contributed by atoms with Crippen LogP contribution in [-0.4, -0.2) is 75.9 Å². The van der Waals surface area contributed by atoms with E-state index in [9.17, 15) is 4.79 Å². The van der Waals surface area contributed by atoms with Crippen LogP contribution in [0.2, 0.25) is 0 Å². The van der Waals surface area contributed by atoms with Gasteiger partial charge in [-0.15, -0.1) is 0 Å². The number of hydrogen-bond donors (Lipinski definition) is 1. The van der Waals surface area contributed by atoms with E-state index in [0.717, 1.165) is 50.5 Å². The number of fused-ring (bicyclic) bond motifs is 1. The number of carbonyl (C=O) groups is 1.